The van der Waals surface area contributed by atoms with Crippen LogP contribution < -0.4 is 15.4 Å². The molecule has 5 rings (SSSR count). The van der Waals surface area contributed by atoms with Crippen molar-refractivity contribution >= 4 is 38.9 Å². The van der Waals surface area contributed by atoms with Crippen molar-refractivity contribution in [2.75, 3.05) is 15.4 Å². The van der Waals surface area contributed by atoms with Crippen molar-refractivity contribution in [2.45, 2.75) is 44.4 Å². The highest BCUT2D eigenvalue weighted by atomic mass is 32.2. The average molecular weight is 501 g/mol. The van der Waals surface area contributed by atoms with Crippen LogP contribution in [0.15, 0.2) is 71.8 Å². The van der Waals surface area contributed by atoms with Crippen LogP contribution in [0.1, 0.15) is 35.4 Å². The van der Waals surface area contributed by atoms with Gasteiger partial charge in [-0.15, -0.1) is 0 Å². The molecule has 0 bridgehead atoms. The van der Waals surface area contributed by atoms with E-state index in [1.807, 2.05) is 38.1 Å². The van der Waals surface area contributed by atoms with Crippen molar-refractivity contribution in [3.63, 3.8) is 0 Å². The Labute approximate surface area is 211 Å². The van der Waals surface area contributed by atoms with E-state index in [9.17, 15) is 8.42 Å². The molecule has 2 heterocycles. The molecular weight excluding hydrogens is 472 g/mol. The number of aromatic nitrogens is 3. The summed E-state index contributed by atoms with van der Waals surface area (Å²) >= 11 is 0. The van der Waals surface area contributed by atoms with Crippen LogP contribution in [0.2, 0.25) is 0 Å². The molecule has 184 valence electrons. The number of anilines is 5. The van der Waals surface area contributed by atoms with Crippen molar-refractivity contribution in [1.29, 1.82) is 0 Å². The first-order valence-corrected chi connectivity index (χ1v) is 13.4. The van der Waals surface area contributed by atoms with E-state index in [4.69, 9.17) is 0 Å². The summed E-state index contributed by atoms with van der Waals surface area (Å²) in [4.78, 5) is 13.5. The van der Waals surface area contributed by atoms with E-state index >= 15 is 0 Å². The lowest BCUT2D eigenvalue weighted by Gasteiger charge is -2.17. The van der Waals surface area contributed by atoms with Crippen LogP contribution in [0.3, 0.4) is 0 Å². The van der Waals surface area contributed by atoms with E-state index in [-0.39, 0.29) is 0 Å². The van der Waals surface area contributed by atoms with Crippen LogP contribution in [0.25, 0.3) is 0 Å². The number of benzene rings is 2. The average Bonchev–Trinajstić information content (AvgIpc) is 2.84. The molecule has 1 aliphatic rings. The fraction of sp³-hybridized carbons (Fsp3) is 0.222. The van der Waals surface area contributed by atoms with E-state index < -0.39 is 10.0 Å². The smallest absolute Gasteiger partial charge is 0.261 e. The van der Waals surface area contributed by atoms with Crippen molar-refractivity contribution < 1.29 is 8.42 Å². The summed E-state index contributed by atoms with van der Waals surface area (Å²) in [5.41, 5.74) is 4.74. The number of rotatable bonds is 7. The van der Waals surface area contributed by atoms with Gasteiger partial charge in [0.15, 0.2) is 0 Å². The quantitative estimate of drug-likeness (QED) is 0.301. The Morgan fingerprint density at radius 2 is 1.42 bits per heavy atom. The van der Waals surface area contributed by atoms with Crippen molar-refractivity contribution in [3.05, 3.63) is 89.4 Å². The predicted octanol–water partition coefficient (Wildman–Crippen LogP) is 5.66. The topological polar surface area (TPSA) is 109 Å². The highest BCUT2D eigenvalue weighted by Gasteiger charge is 2.18. The lowest BCUT2D eigenvalue weighted by atomic mass is 9.92. The van der Waals surface area contributed by atoms with Crippen LogP contribution in [-0.2, 0) is 22.9 Å². The molecule has 36 heavy (non-hydrogen) atoms. The SMILES string of the molecule is Cc1ccnc(Nc2cc(Nc3ccc(NS(=O)(=O)c4ccc5c(c4)CCCC5)cc3)nc(C)n2)c1. The zero-order valence-corrected chi connectivity index (χ0v) is 21.1. The van der Waals surface area contributed by atoms with Crippen LogP contribution in [0.4, 0.5) is 28.8 Å². The third kappa shape index (κ3) is 5.63. The van der Waals surface area contributed by atoms with Crippen LogP contribution in [0.5, 0.6) is 0 Å². The number of pyridine rings is 1. The fourth-order valence-corrected chi connectivity index (χ4v) is 5.40. The van der Waals surface area contributed by atoms with Gasteiger partial charge in [-0.25, -0.2) is 23.4 Å². The Bertz CT molecular complexity index is 1500. The predicted molar refractivity (Wildman–Crippen MR) is 143 cm³/mol. The second-order valence-corrected chi connectivity index (χ2v) is 10.7. The molecule has 0 spiro atoms. The maximum Gasteiger partial charge on any atom is 0.261 e. The summed E-state index contributed by atoms with van der Waals surface area (Å²) in [6.07, 6.45) is 5.95. The second-order valence-electron chi connectivity index (χ2n) is 8.97. The maximum absolute atomic E-state index is 13.0. The van der Waals surface area contributed by atoms with Gasteiger partial charge in [0.25, 0.3) is 10.0 Å². The van der Waals surface area contributed by atoms with Gasteiger partial charge in [0.1, 0.15) is 23.3 Å². The molecule has 2 aromatic heterocycles. The van der Waals surface area contributed by atoms with Gasteiger partial charge < -0.3 is 10.6 Å². The summed E-state index contributed by atoms with van der Waals surface area (Å²) in [6.45, 7) is 3.82. The van der Waals surface area contributed by atoms with Crippen molar-refractivity contribution in [1.82, 2.24) is 15.0 Å². The number of fused-ring (bicyclic) bond motifs is 1. The van der Waals surface area contributed by atoms with E-state index in [1.54, 1.807) is 42.6 Å². The molecular formula is C27H28N6O2S. The van der Waals surface area contributed by atoms with Crippen molar-refractivity contribution in [3.8, 4) is 0 Å². The summed E-state index contributed by atoms with van der Waals surface area (Å²) in [7, 11) is -3.67. The fourth-order valence-electron chi connectivity index (χ4n) is 4.29. The zero-order valence-electron chi connectivity index (χ0n) is 20.2. The summed E-state index contributed by atoms with van der Waals surface area (Å²) in [5.74, 6) is 2.54. The molecule has 0 atom stereocenters. The molecule has 0 fully saturated rings. The summed E-state index contributed by atoms with van der Waals surface area (Å²) in [5, 5.41) is 6.45. The molecule has 0 saturated heterocycles. The van der Waals surface area contributed by atoms with Crippen molar-refractivity contribution in [2.24, 2.45) is 0 Å². The van der Waals surface area contributed by atoms with E-state index in [0.29, 0.717) is 33.9 Å². The first-order chi connectivity index (χ1) is 17.3. The molecule has 0 amide bonds. The minimum atomic E-state index is -3.67. The molecule has 8 nitrogen and oxygen atoms in total. The summed E-state index contributed by atoms with van der Waals surface area (Å²) < 4.78 is 28.6. The van der Waals surface area contributed by atoms with Gasteiger partial charge in [-0.2, -0.15) is 0 Å². The van der Waals surface area contributed by atoms with Gasteiger partial charge in [0.2, 0.25) is 0 Å². The monoisotopic (exact) mass is 500 g/mol. The first kappa shape index (κ1) is 23.7. The Kier molecular flexibility index (Phi) is 6.56. The minimum absolute atomic E-state index is 0.296. The van der Waals surface area contributed by atoms with Gasteiger partial charge in [0.05, 0.1) is 4.90 Å². The molecule has 9 heteroatoms. The zero-order chi connectivity index (χ0) is 25.1. The number of nitrogens with zero attached hydrogens (tertiary/aromatic N) is 3. The van der Waals surface area contributed by atoms with Gasteiger partial charge in [0, 0.05) is 23.6 Å². The Hall–Kier alpha value is -3.98. The number of hydrogen-bond donors (Lipinski definition) is 3. The van der Waals surface area contributed by atoms with Gasteiger partial charge in [-0.05, 0) is 105 Å². The highest BCUT2D eigenvalue weighted by Crippen LogP contribution is 2.26. The Morgan fingerprint density at radius 3 is 2.17 bits per heavy atom. The Balaban J connectivity index is 1.28. The van der Waals surface area contributed by atoms with Gasteiger partial charge >= 0.3 is 0 Å². The molecule has 0 aliphatic heterocycles. The van der Waals surface area contributed by atoms with E-state index in [0.717, 1.165) is 42.5 Å². The molecule has 3 N–H and O–H groups in total. The third-order valence-electron chi connectivity index (χ3n) is 6.05. The molecule has 0 unspecified atom stereocenters. The Morgan fingerprint density at radius 1 is 0.722 bits per heavy atom. The molecule has 4 aromatic rings. The third-order valence-corrected chi connectivity index (χ3v) is 7.43. The lowest BCUT2D eigenvalue weighted by molar-refractivity contribution is 0.600. The van der Waals surface area contributed by atoms with Gasteiger partial charge in [-0.3, -0.25) is 4.72 Å². The second kappa shape index (κ2) is 9.94. The maximum atomic E-state index is 13.0. The molecule has 0 saturated carbocycles. The highest BCUT2D eigenvalue weighted by molar-refractivity contribution is 7.92. The standard InChI is InChI=1S/C27H28N6O2S/c1-18-13-14-28-25(15-18)32-27-17-26(29-19(2)30-27)31-22-8-10-23(11-9-22)33-36(34,35)24-12-7-20-5-3-4-6-21(20)16-24/h7-17,33H,3-6H2,1-2H3,(H2,28,29,30,31,32). The van der Waals surface area contributed by atoms with E-state index in [2.05, 4.69) is 30.3 Å². The lowest BCUT2D eigenvalue weighted by Crippen LogP contribution is -2.14. The van der Waals surface area contributed by atoms with E-state index in [1.165, 1.54) is 5.56 Å². The largest absolute Gasteiger partial charge is 0.340 e. The molecule has 1 aliphatic carbocycles. The van der Waals surface area contributed by atoms with Crippen LogP contribution in [-0.4, -0.2) is 23.4 Å². The van der Waals surface area contributed by atoms with Crippen LogP contribution >= 0.6 is 0 Å². The van der Waals surface area contributed by atoms with Crippen LogP contribution in [0, 0.1) is 13.8 Å². The number of aryl methyl sites for hydroxylation is 4. The molecule has 2 aromatic carbocycles. The molecule has 0 radical (unpaired) electrons. The minimum Gasteiger partial charge on any atom is -0.340 e. The number of hydrogen-bond acceptors (Lipinski definition) is 7. The number of sulfonamides is 1. The summed E-state index contributed by atoms with van der Waals surface area (Å²) in [6, 6.07) is 18.2. The van der Waals surface area contributed by atoms with Gasteiger partial charge in [-0.1, -0.05) is 6.07 Å². The number of nitrogens with one attached hydrogen (secondary N) is 3. The first-order valence-electron chi connectivity index (χ1n) is 11.9. The normalized spacial score (nSPS) is 13.1.